The van der Waals surface area contributed by atoms with Gasteiger partial charge in [-0.15, -0.1) is 0 Å². The Kier molecular flexibility index (Phi) is 3.76. The van der Waals surface area contributed by atoms with Crippen molar-refractivity contribution in [1.29, 1.82) is 0 Å². The predicted molar refractivity (Wildman–Crippen MR) is 90.5 cm³/mol. The number of likely N-dealkylation sites (N-methyl/N-ethyl adjacent to an activating group) is 1. The molecular formula is C15H18ClN7O. The number of anilines is 2. The van der Waals surface area contributed by atoms with Gasteiger partial charge in [-0.25, -0.2) is 14.8 Å². The molecule has 24 heavy (non-hydrogen) atoms. The van der Waals surface area contributed by atoms with E-state index in [9.17, 15) is 4.79 Å². The minimum Gasteiger partial charge on any atom is -0.339 e. The van der Waals surface area contributed by atoms with E-state index in [-0.39, 0.29) is 12.1 Å². The number of aromatic nitrogens is 4. The van der Waals surface area contributed by atoms with E-state index in [1.54, 1.807) is 28.4 Å². The molecule has 2 aromatic rings. The quantitative estimate of drug-likeness (QED) is 0.844. The first-order valence-corrected chi connectivity index (χ1v) is 8.29. The third kappa shape index (κ3) is 2.66. The second-order valence-electron chi connectivity index (χ2n) is 6.12. The summed E-state index contributed by atoms with van der Waals surface area (Å²) >= 11 is 5.84. The van der Waals surface area contributed by atoms with Crippen LogP contribution in [0.4, 0.5) is 16.4 Å². The first-order chi connectivity index (χ1) is 11.6. The maximum absolute atomic E-state index is 12.1. The Bertz CT molecular complexity index is 747. The van der Waals surface area contributed by atoms with Gasteiger partial charge in [0.2, 0.25) is 5.95 Å². The minimum atomic E-state index is 0.0252. The van der Waals surface area contributed by atoms with Crippen molar-refractivity contribution in [3.63, 3.8) is 0 Å². The molecule has 9 heteroatoms. The van der Waals surface area contributed by atoms with E-state index in [0.717, 1.165) is 31.7 Å². The lowest BCUT2D eigenvalue weighted by atomic mass is 10.3. The van der Waals surface area contributed by atoms with E-state index in [1.807, 2.05) is 17.9 Å². The summed E-state index contributed by atoms with van der Waals surface area (Å²) in [6.07, 6.45) is 7.89. The second kappa shape index (κ2) is 5.94. The zero-order chi connectivity index (χ0) is 16.7. The SMILES string of the molecule is CN1CCN(c2cnn(C3CCN(c4ncc(Cl)cn4)C3)c2)C1=O. The number of halogens is 1. The van der Waals surface area contributed by atoms with Gasteiger partial charge < -0.3 is 9.80 Å². The normalized spacial score (nSPS) is 21.2. The number of rotatable bonds is 3. The zero-order valence-corrected chi connectivity index (χ0v) is 14.1. The average molecular weight is 348 g/mol. The molecule has 8 nitrogen and oxygen atoms in total. The van der Waals surface area contributed by atoms with Crippen LogP contribution in [-0.4, -0.2) is 63.9 Å². The van der Waals surface area contributed by atoms with Crippen LogP contribution in [0.3, 0.4) is 0 Å². The Morgan fingerprint density at radius 2 is 1.96 bits per heavy atom. The maximum atomic E-state index is 12.1. The van der Waals surface area contributed by atoms with E-state index in [2.05, 4.69) is 20.0 Å². The predicted octanol–water partition coefficient (Wildman–Crippen LogP) is 1.65. The highest BCUT2D eigenvalue weighted by Gasteiger charge is 2.30. The number of amides is 2. The molecule has 0 spiro atoms. The van der Waals surface area contributed by atoms with Crippen molar-refractivity contribution >= 4 is 29.3 Å². The fourth-order valence-electron chi connectivity index (χ4n) is 3.16. The molecule has 0 N–H and O–H groups in total. The lowest BCUT2D eigenvalue weighted by Crippen LogP contribution is -2.28. The molecule has 126 valence electrons. The Morgan fingerprint density at radius 3 is 2.67 bits per heavy atom. The monoisotopic (exact) mass is 347 g/mol. The van der Waals surface area contributed by atoms with E-state index in [0.29, 0.717) is 17.5 Å². The van der Waals surface area contributed by atoms with Gasteiger partial charge in [-0.1, -0.05) is 11.6 Å². The van der Waals surface area contributed by atoms with Gasteiger partial charge in [-0.05, 0) is 6.42 Å². The van der Waals surface area contributed by atoms with Crippen LogP contribution in [0.15, 0.2) is 24.8 Å². The Labute approximate surface area is 144 Å². The molecule has 4 heterocycles. The fraction of sp³-hybridized carbons (Fsp3) is 0.467. The number of carbonyl (C=O) groups excluding carboxylic acids is 1. The van der Waals surface area contributed by atoms with E-state index >= 15 is 0 Å². The average Bonchev–Trinajstić information content (AvgIpc) is 3.29. The van der Waals surface area contributed by atoms with Crippen LogP contribution in [0.1, 0.15) is 12.5 Å². The van der Waals surface area contributed by atoms with Crippen LogP contribution in [-0.2, 0) is 0 Å². The number of urea groups is 1. The first kappa shape index (κ1) is 15.2. The summed E-state index contributed by atoms with van der Waals surface area (Å²) in [6.45, 7) is 3.11. The van der Waals surface area contributed by atoms with Crippen molar-refractivity contribution in [2.75, 3.05) is 43.0 Å². The Balaban J connectivity index is 1.46. The molecule has 2 aromatic heterocycles. The molecular weight excluding hydrogens is 330 g/mol. The minimum absolute atomic E-state index is 0.0252. The fourth-order valence-corrected chi connectivity index (χ4v) is 3.26. The van der Waals surface area contributed by atoms with Crippen LogP contribution in [0, 0.1) is 0 Å². The largest absolute Gasteiger partial charge is 0.339 e. The summed E-state index contributed by atoms with van der Waals surface area (Å²) in [7, 11) is 1.81. The molecule has 1 atom stereocenters. The Hall–Kier alpha value is -2.35. The number of hydrogen-bond acceptors (Lipinski definition) is 5. The van der Waals surface area contributed by atoms with Gasteiger partial charge in [-0.3, -0.25) is 9.58 Å². The van der Waals surface area contributed by atoms with Gasteiger partial charge in [-0.2, -0.15) is 5.10 Å². The van der Waals surface area contributed by atoms with Crippen molar-refractivity contribution in [3.05, 3.63) is 29.8 Å². The van der Waals surface area contributed by atoms with Crippen molar-refractivity contribution in [2.45, 2.75) is 12.5 Å². The number of nitrogens with zero attached hydrogens (tertiary/aromatic N) is 7. The lowest BCUT2D eigenvalue weighted by Gasteiger charge is -2.16. The highest BCUT2D eigenvalue weighted by Crippen LogP contribution is 2.27. The van der Waals surface area contributed by atoms with Crippen LogP contribution >= 0.6 is 11.6 Å². The molecule has 2 amide bonds. The summed E-state index contributed by atoms with van der Waals surface area (Å²) < 4.78 is 1.94. The molecule has 0 radical (unpaired) electrons. The molecule has 2 aliphatic rings. The van der Waals surface area contributed by atoms with Crippen molar-refractivity contribution in [2.24, 2.45) is 0 Å². The molecule has 2 fully saturated rings. The topological polar surface area (TPSA) is 70.4 Å². The molecule has 0 aromatic carbocycles. The molecule has 2 aliphatic heterocycles. The molecule has 0 bridgehead atoms. The molecule has 1 unspecified atom stereocenters. The lowest BCUT2D eigenvalue weighted by molar-refractivity contribution is 0.229. The third-order valence-corrected chi connectivity index (χ3v) is 4.74. The molecule has 0 saturated carbocycles. The van der Waals surface area contributed by atoms with Crippen LogP contribution < -0.4 is 9.80 Å². The van der Waals surface area contributed by atoms with E-state index in [1.165, 1.54) is 0 Å². The number of hydrogen-bond donors (Lipinski definition) is 0. The molecule has 4 rings (SSSR count). The van der Waals surface area contributed by atoms with Gasteiger partial charge >= 0.3 is 6.03 Å². The smallest absolute Gasteiger partial charge is 0.324 e. The standard InChI is InChI=1S/C15H18ClN7O/c1-20-4-5-22(15(20)24)13-8-19-23(10-13)12-2-3-21(9-12)14-17-6-11(16)7-18-14/h6-8,10,12H,2-5,9H2,1H3. The van der Waals surface area contributed by atoms with Crippen LogP contribution in [0.5, 0.6) is 0 Å². The van der Waals surface area contributed by atoms with Gasteiger partial charge in [0.15, 0.2) is 0 Å². The van der Waals surface area contributed by atoms with Crippen molar-refractivity contribution < 1.29 is 4.79 Å². The van der Waals surface area contributed by atoms with Crippen LogP contribution in [0.25, 0.3) is 0 Å². The number of carbonyl (C=O) groups is 1. The summed E-state index contributed by atoms with van der Waals surface area (Å²) in [5, 5.41) is 4.99. The highest BCUT2D eigenvalue weighted by molar-refractivity contribution is 6.30. The second-order valence-corrected chi connectivity index (χ2v) is 6.56. The molecule has 2 saturated heterocycles. The molecule has 0 aliphatic carbocycles. The van der Waals surface area contributed by atoms with Gasteiger partial charge in [0.05, 0.1) is 35.3 Å². The summed E-state index contributed by atoms with van der Waals surface area (Å²) in [6, 6.07) is 0.269. The van der Waals surface area contributed by atoms with Crippen molar-refractivity contribution in [3.8, 4) is 0 Å². The summed E-state index contributed by atoms with van der Waals surface area (Å²) in [5.74, 6) is 0.686. The summed E-state index contributed by atoms with van der Waals surface area (Å²) in [4.78, 5) is 26.2. The Morgan fingerprint density at radius 1 is 1.17 bits per heavy atom. The first-order valence-electron chi connectivity index (χ1n) is 7.91. The highest BCUT2D eigenvalue weighted by atomic mass is 35.5. The summed E-state index contributed by atoms with van der Waals surface area (Å²) in [5.41, 5.74) is 0.852. The van der Waals surface area contributed by atoms with E-state index < -0.39 is 0 Å². The van der Waals surface area contributed by atoms with E-state index in [4.69, 9.17) is 11.6 Å². The maximum Gasteiger partial charge on any atom is 0.324 e. The zero-order valence-electron chi connectivity index (χ0n) is 13.3. The van der Waals surface area contributed by atoms with Gasteiger partial charge in [0.1, 0.15) is 0 Å². The van der Waals surface area contributed by atoms with Crippen molar-refractivity contribution in [1.82, 2.24) is 24.6 Å². The van der Waals surface area contributed by atoms with Gasteiger partial charge in [0.25, 0.3) is 0 Å². The third-order valence-electron chi connectivity index (χ3n) is 4.54. The van der Waals surface area contributed by atoms with Gasteiger partial charge in [0, 0.05) is 39.4 Å². The van der Waals surface area contributed by atoms with Crippen LogP contribution in [0.2, 0.25) is 5.02 Å².